The highest BCUT2D eigenvalue weighted by Crippen LogP contribution is 2.36. The van der Waals surface area contributed by atoms with Gasteiger partial charge in [-0.3, -0.25) is 0 Å². The van der Waals surface area contributed by atoms with Crippen molar-refractivity contribution in [3.8, 4) is 0 Å². The first-order chi connectivity index (χ1) is 9.41. The third kappa shape index (κ3) is 3.67. The summed E-state index contributed by atoms with van der Waals surface area (Å²) >= 11 is 3.39. The molecule has 1 aromatic carbocycles. The molecule has 1 heterocycles. The second-order valence-electron chi connectivity index (χ2n) is 5.14. The molecule has 1 unspecified atom stereocenters. The van der Waals surface area contributed by atoms with Gasteiger partial charge >= 0.3 is 6.18 Å². The Hall–Kier alpha value is -0.750. The first-order valence-electron chi connectivity index (χ1n) is 6.72. The molecule has 1 aliphatic rings. The van der Waals surface area contributed by atoms with Gasteiger partial charge in [0.25, 0.3) is 0 Å². The number of nitrogens with zero attached hydrogens (tertiary/aromatic N) is 1. The SMILES string of the molecule is NCCc1cc(Br)ccc1N1CCCC(C(F)(F)F)C1. The summed E-state index contributed by atoms with van der Waals surface area (Å²) in [5.41, 5.74) is 7.48. The molecule has 2 N–H and O–H groups in total. The number of benzene rings is 1. The van der Waals surface area contributed by atoms with Crippen molar-refractivity contribution in [3.05, 3.63) is 28.2 Å². The van der Waals surface area contributed by atoms with Crippen molar-refractivity contribution >= 4 is 21.6 Å². The van der Waals surface area contributed by atoms with Crippen LogP contribution in [0, 0.1) is 5.92 Å². The van der Waals surface area contributed by atoms with Crippen LogP contribution in [0.15, 0.2) is 22.7 Å². The van der Waals surface area contributed by atoms with Crippen LogP contribution in [0.4, 0.5) is 18.9 Å². The number of halogens is 4. The third-order valence-corrected chi connectivity index (χ3v) is 4.17. The highest BCUT2D eigenvalue weighted by molar-refractivity contribution is 9.10. The normalized spacial score (nSPS) is 20.2. The molecule has 0 bridgehead atoms. The Labute approximate surface area is 125 Å². The van der Waals surface area contributed by atoms with Gasteiger partial charge in [-0.25, -0.2) is 0 Å². The van der Waals surface area contributed by atoms with E-state index in [4.69, 9.17) is 5.73 Å². The van der Waals surface area contributed by atoms with Crippen LogP contribution >= 0.6 is 15.9 Å². The van der Waals surface area contributed by atoms with Gasteiger partial charge in [-0.2, -0.15) is 13.2 Å². The fraction of sp³-hybridized carbons (Fsp3) is 0.571. The van der Waals surface area contributed by atoms with Crippen LogP contribution in [0.1, 0.15) is 18.4 Å². The number of anilines is 1. The van der Waals surface area contributed by atoms with Crippen molar-refractivity contribution in [2.24, 2.45) is 11.7 Å². The van der Waals surface area contributed by atoms with Gasteiger partial charge in [0.05, 0.1) is 5.92 Å². The zero-order chi connectivity index (χ0) is 14.8. The van der Waals surface area contributed by atoms with E-state index < -0.39 is 12.1 Å². The maximum absolute atomic E-state index is 12.9. The molecule has 0 spiro atoms. The molecule has 1 fully saturated rings. The second kappa shape index (κ2) is 6.35. The molecule has 1 aliphatic heterocycles. The lowest BCUT2D eigenvalue weighted by Crippen LogP contribution is -2.42. The average molecular weight is 351 g/mol. The van der Waals surface area contributed by atoms with E-state index in [-0.39, 0.29) is 13.0 Å². The van der Waals surface area contributed by atoms with Gasteiger partial charge in [0.1, 0.15) is 0 Å². The molecule has 0 saturated carbocycles. The Morgan fingerprint density at radius 2 is 2.10 bits per heavy atom. The largest absolute Gasteiger partial charge is 0.393 e. The minimum absolute atomic E-state index is 0.0443. The molecule has 1 saturated heterocycles. The minimum Gasteiger partial charge on any atom is -0.371 e. The summed E-state index contributed by atoms with van der Waals surface area (Å²) in [6, 6.07) is 5.69. The first kappa shape index (κ1) is 15.6. The lowest BCUT2D eigenvalue weighted by molar-refractivity contribution is -0.176. The van der Waals surface area contributed by atoms with Crippen LogP contribution in [0.2, 0.25) is 0 Å². The van der Waals surface area contributed by atoms with Crippen LogP contribution in [0.5, 0.6) is 0 Å². The highest BCUT2D eigenvalue weighted by atomic mass is 79.9. The summed E-state index contributed by atoms with van der Waals surface area (Å²) in [4.78, 5) is 1.85. The Morgan fingerprint density at radius 3 is 2.75 bits per heavy atom. The molecule has 6 heteroatoms. The van der Waals surface area contributed by atoms with Crippen LogP contribution in [0.25, 0.3) is 0 Å². The molecular weight excluding hydrogens is 333 g/mol. The topological polar surface area (TPSA) is 29.3 Å². The number of hydrogen-bond donors (Lipinski definition) is 1. The van der Waals surface area contributed by atoms with Crippen LogP contribution < -0.4 is 10.6 Å². The quantitative estimate of drug-likeness (QED) is 0.899. The van der Waals surface area contributed by atoms with E-state index in [2.05, 4.69) is 15.9 Å². The fourth-order valence-electron chi connectivity index (χ4n) is 2.68. The molecule has 0 amide bonds. The zero-order valence-electron chi connectivity index (χ0n) is 11.1. The smallest absolute Gasteiger partial charge is 0.371 e. The Morgan fingerprint density at radius 1 is 1.35 bits per heavy atom. The average Bonchev–Trinajstić information content (AvgIpc) is 2.38. The maximum Gasteiger partial charge on any atom is 0.393 e. The van der Waals surface area contributed by atoms with Crippen LogP contribution in [-0.2, 0) is 6.42 Å². The standard InChI is InChI=1S/C14H18BrF3N2/c15-12-3-4-13(10(8-12)5-6-19)20-7-1-2-11(9-20)14(16,17)18/h3-4,8,11H,1-2,5-7,9,19H2. The lowest BCUT2D eigenvalue weighted by atomic mass is 9.96. The fourth-order valence-corrected chi connectivity index (χ4v) is 3.09. The van der Waals surface area contributed by atoms with Crippen molar-refractivity contribution in [2.45, 2.75) is 25.4 Å². The van der Waals surface area contributed by atoms with Crippen molar-refractivity contribution in [1.82, 2.24) is 0 Å². The molecule has 0 aromatic heterocycles. The predicted molar refractivity (Wildman–Crippen MR) is 77.9 cm³/mol. The van der Waals surface area contributed by atoms with Gasteiger partial charge in [0.15, 0.2) is 0 Å². The van der Waals surface area contributed by atoms with Crippen LogP contribution in [0.3, 0.4) is 0 Å². The molecule has 1 aromatic rings. The molecule has 2 rings (SSSR count). The van der Waals surface area contributed by atoms with Crippen molar-refractivity contribution < 1.29 is 13.2 Å². The second-order valence-corrected chi connectivity index (χ2v) is 6.05. The van der Waals surface area contributed by atoms with Gasteiger partial charge in [0, 0.05) is 23.2 Å². The molecule has 112 valence electrons. The summed E-state index contributed by atoms with van der Waals surface area (Å²) < 4.78 is 39.6. The molecule has 20 heavy (non-hydrogen) atoms. The van der Waals surface area contributed by atoms with Gasteiger partial charge in [-0.05, 0) is 49.6 Å². The van der Waals surface area contributed by atoms with E-state index in [1.807, 2.05) is 23.1 Å². The van der Waals surface area contributed by atoms with Crippen LogP contribution in [-0.4, -0.2) is 25.8 Å². The zero-order valence-corrected chi connectivity index (χ0v) is 12.7. The third-order valence-electron chi connectivity index (χ3n) is 3.68. The van der Waals surface area contributed by atoms with E-state index >= 15 is 0 Å². The first-order valence-corrected chi connectivity index (χ1v) is 7.51. The van der Waals surface area contributed by atoms with Gasteiger partial charge < -0.3 is 10.6 Å². The van der Waals surface area contributed by atoms with Gasteiger partial charge in [-0.15, -0.1) is 0 Å². The number of hydrogen-bond acceptors (Lipinski definition) is 2. The Bertz CT molecular complexity index is 462. The molecule has 0 radical (unpaired) electrons. The summed E-state index contributed by atoms with van der Waals surface area (Å²) in [6.45, 7) is 1.20. The monoisotopic (exact) mass is 350 g/mol. The highest BCUT2D eigenvalue weighted by Gasteiger charge is 2.42. The minimum atomic E-state index is -4.11. The van der Waals surface area contributed by atoms with Crippen molar-refractivity contribution in [3.63, 3.8) is 0 Å². The summed E-state index contributed by atoms with van der Waals surface area (Å²) in [5, 5.41) is 0. The van der Waals surface area contributed by atoms with Crippen molar-refractivity contribution in [2.75, 3.05) is 24.5 Å². The van der Waals surface area contributed by atoms with Gasteiger partial charge in [-0.1, -0.05) is 15.9 Å². The van der Waals surface area contributed by atoms with Gasteiger partial charge in [0.2, 0.25) is 0 Å². The molecule has 2 nitrogen and oxygen atoms in total. The summed E-state index contributed by atoms with van der Waals surface area (Å²) in [5.74, 6) is -1.23. The summed E-state index contributed by atoms with van der Waals surface area (Å²) in [7, 11) is 0. The van der Waals surface area contributed by atoms with E-state index in [0.717, 1.165) is 15.7 Å². The van der Waals surface area contributed by atoms with E-state index in [9.17, 15) is 13.2 Å². The van der Waals surface area contributed by atoms with Crippen molar-refractivity contribution in [1.29, 1.82) is 0 Å². The van der Waals surface area contributed by atoms with E-state index in [1.165, 1.54) is 0 Å². The maximum atomic E-state index is 12.9. The number of nitrogens with two attached hydrogens (primary N) is 1. The predicted octanol–water partition coefficient (Wildman–Crippen LogP) is 3.73. The Balaban J connectivity index is 2.22. The Kier molecular flexibility index (Phi) is 4.96. The molecular formula is C14H18BrF3N2. The number of alkyl halides is 3. The number of piperidine rings is 1. The summed E-state index contributed by atoms with van der Waals surface area (Å²) in [6.07, 6.45) is -2.64. The molecule has 0 aliphatic carbocycles. The van der Waals surface area contributed by atoms with E-state index in [0.29, 0.717) is 25.9 Å². The number of rotatable bonds is 3. The lowest BCUT2D eigenvalue weighted by Gasteiger charge is -2.36. The molecule has 1 atom stereocenters. The van der Waals surface area contributed by atoms with E-state index in [1.54, 1.807) is 0 Å².